The SMILES string of the molecule is CC(C)(CO)CN=C(NC#N)NCCC[C@@H](COC(=O)Nc1cc2cc(F)ccc2cn1)NC(=O)CNCc1cccc(F)c1Cl. The molecule has 1 heterocycles. The van der Waals surface area contributed by atoms with Gasteiger partial charge in [-0.05, 0) is 54.1 Å². The smallest absolute Gasteiger partial charge is 0.412 e. The second-order valence-electron chi connectivity index (χ2n) is 11.2. The molecule has 0 saturated heterocycles. The molecule has 0 spiro atoms. The number of halogens is 3. The van der Waals surface area contributed by atoms with Crippen molar-refractivity contribution in [2.45, 2.75) is 39.3 Å². The maximum absolute atomic E-state index is 13.7. The zero-order chi connectivity index (χ0) is 33.5. The highest BCUT2D eigenvalue weighted by Crippen LogP contribution is 2.20. The molecule has 0 saturated carbocycles. The van der Waals surface area contributed by atoms with Gasteiger partial charge in [0.05, 0.1) is 24.2 Å². The topological polar surface area (TPSA) is 173 Å². The summed E-state index contributed by atoms with van der Waals surface area (Å²) in [5.74, 6) is -0.981. The lowest BCUT2D eigenvalue weighted by molar-refractivity contribution is -0.121. The molecule has 246 valence electrons. The van der Waals surface area contributed by atoms with Gasteiger partial charge in [0.1, 0.15) is 24.1 Å². The Balaban J connectivity index is 1.57. The van der Waals surface area contributed by atoms with E-state index in [1.54, 1.807) is 12.1 Å². The number of aliphatic imine (C=N–C) groups is 1. The van der Waals surface area contributed by atoms with Gasteiger partial charge in [-0.1, -0.05) is 37.6 Å². The van der Waals surface area contributed by atoms with Crippen molar-refractivity contribution < 1.29 is 28.2 Å². The number of nitriles is 1. The fraction of sp³-hybridized carbons (Fsp3) is 0.387. The molecule has 12 nitrogen and oxygen atoms in total. The molecule has 3 rings (SSSR count). The van der Waals surface area contributed by atoms with Crippen molar-refractivity contribution in [3.63, 3.8) is 0 Å². The van der Waals surface area contributed by atoms with E-state index in [2.05, 4.69) is 36.6 Å². The van der Waals surface area contributed by atoms with Crippen molar-refractivity contribution >= 4 is 46.2 Å². The number of aliphatic hydroxyl groups is 1. The number of hydrogen-bond donors (Lipinski definition) is 6. The number of amides is 2. The van der Waals surface area contributed by atoms with Gasteiger partial charge in [0, 0.05) is 36.7 Å². The van der Waals surface area contributed by atoms with Gasteiger partial charge in [0.2, 0.25) is 11.9 Å². The van der Waals surface area contributed by atoms with Gasteiger partial charge in [0.15, 0.2) is 6.19 Å². The summed E-state index contributed by atoms with van der Waals surface area (Å²) in [6.07, 6.45) is 3.34. The summed E-state index contributed by atoms with van der Waals surface area (Å²) < 4.78 is 32.7. The highest BCUT2D eigenvalue weighted by atomic mass is 35.5. The van der Waals surface area contributed by atoms with Gasteiger partial charge in [-0.25, -0.2) is 18.6 Å². The number of ether oxygens (including phenoxy) is 1. The average molecular weight is 659 g/mol. The molecule has 0 bridgehead atoms. The van der Waals surface area contributed by atoms with E-state index in [1.165, 1.54) is 36.5 Å². The van der Waals surface area contributed by atoms with E-state index in [0.717, 1.165) is 0 Å². The molecule has 0 unspecified atom stereocenters. The highest BCUT2D eigenvalue weighted by Gasteiger charge is 2.18. The lowest BCUT2D eigenvalue weighted by atomic mass is 9.95. The molecule has 3 aromatic rings. The van der Waals surface area contributed by atoms with E-state index in [9.17, 15) is 23.5 Å². The van der Waals surface area contributed by atoms with Crippen LogP contribution in [0.25, 0.3) is 10.8 Å². The molecule has 6 N–H and O–H groups in total. The number of carbonyl (C=O) groups excluding carboxylic acids is 2. The van der Waals surface area contributed by atoms with E-state index in [4.69, 9.17) is 21.6 Å². The van der Waals surface area contributed by atoms with Crippen molar-refractivity contribution in [3.8, 4) is 6.19 Å². The van der Waals surface area contributed by atoms with E-state index in [0.29, 0.717) is 35.7 Å². The first-order valence-electron chi connectivity index (χ1n) is 14.5. The highest BCUT2D eigenvalue weighted by molar-refractivity contribution is 6.31. The summed E-state index contributed by atoms with van der Waals surface area (Å²) in [5.41, 5.74) is 0.0252. The number of fused-ring (bicyclic) bond motifs is 1. The Bertz CT molecular complexity index is 1570. The average Bonchev–Trinajstić information content (AvgIpc) is 3.02. The monoisotopic (exact) mass is 658 g/mol. The van der Waals surface area contributed by atoms with Crippen LogP contribution >= 0.6 is 11.6 Å². The summed E-state index contributed by atoms with van der Waals surface area (Å²) in [6, 6.07) is 9.52. The van der Waals surface area contributed by atoms with Gasteiger partial charge in [-0.15, -0.1) is 0 Å². The minimum atomic E-state index is -0.821. The van der Waals surface area contributed by atoms with Crippen molar-refractivity contribution in [1.29, 1.82) is 5.26 Å². The second-order valence-corrected chi connectivity index (χ2v) is 11.5. The maximum Gasteiger partial charge on any atom is 0.412 e. The number of nitrogens with zero attached hydrogens (tertiary/aromatic N) is 3. The zero-order valence-corrected chi connectivity index (χ0v) is 26.3. The maximum atomic E-state index is 13.7. The Morgan fingerprint density at radius 1 is 1.20 bits per heavy atom. The number of carbonyl (C=O) groups is 2. The van der Waals surface area contributed by atoms with Crippen LogP contribution in [0.1, 0.15) is 32.3 Å². The number of aliphatic hydroxyl groups excluding tert-OH is 1. The van der Waals surface area contributed by atoms with E-state index in [-0.39, 0.29) is 49.6 Å². The van der Waals surface area contributed by atoms with E-state index >= 15 is 0 Å². The van der Waals surface area contributed by atoms with Crippen LogP contribution in [0.5, 0.6) is 0 Å². The summed E-state index contributed by atoms with van der Waals surface area (Å²) in [5, 5.41) is 33.4. The molecule has 15 heteroatoms. The van der Waals surface area contributed by atoms with Crippen molar-refractivity contribution in [2.24, 2.45) is 10.4 Å². The van der Waals surface area contributed by atoms with Gasteiger partial charge >= 0.3 is 6.09 Å². The van der Waals surface area contributed by atoms with Gasteiger partial charge in [-0.3, -0.25) is 20.4 Å². The number of nitrogens with one attached hydrogen (secondary N) is 5. The van der Waals surface area contributed by atoms with Crippen molar-refractivity contribution in [3.05, 3.63) is 70.9 Å². The van der Waals surface area contributed by atoms with Crippen LogP contribution in [0.4, 0.5) is 19.4 Å². The summed E-state index contributed by atoms with van der Waals surface area (Å²) in [7, 11) is 0. The number of guanidine groups is 1. The summed E-state index contributed by atoms with van der Waals surface area (Å²) in [4.78, 5) is 33.8. The molecule has 0 aliphatic rings. The first-order chi connectivity index (χ1) is 22.0. The number of pyridine rings is 1. The molecule has 46 heavy (non-hydrogen) atoms. The van der Waals surface area contributed by atoms with Crippen LogP contribution in [0, 0.1) is 28.5 Å². The van der Waals surface area contributed by atoms with Gasteiger partial charge in [-0.2, -0.15) is 5.26 Å². The molecule has 1 atom stereocenters. The Morgan fingerprint density at radius 2 is 2.00 bits per heavy atom. The van der Waals surface area contributed by atoms with Crippen molar-refractivity contribution in [2.75, 3.05) is 38.2 Å². The largest absolute Gasteiger partial charge is 0.447 e. The predicted molar refractivity (Wildman–Crippen MR) is 171 cm³/mol. The molecule has 0 aliphatic heterocycles. The Morgan fingerprint density at radius 3 is 2.76 bits per heavy atom. The fourth-order valence-electron chi connectivity index (χ4n) is 4.06. The Hall–Kier alpha value is -4.58. The van der Waals surface area contributed by atoms with Crippen LogP contribution in [0.2, 0.25) is 5.02 Å². The first kappa shape index (κ1) is 35.9. The third kappa shape index (κ3) is 12.1. The fourth-order valence-corrected chi connectivity index (χ4v) is 4.25. The standard InChI is InChI=1S/C31H37ClF2N8O4/c1-31(2,18-43)17-39-29(40-19-35)37-10-4-6-24(41-27(44)15-36-13-21-5-3-7-25(34)28(21)32)16-46-30(45)42-26-12-22-11-23(33)9-8-20(22)14-38-26/h3,5,7-9,11-12,14,24,36,43H,4,6,10,13,15-18H2,1-2H3,(H,41,44)(H2,37,39,40)(H,38,42,45)/t24-/m0/s1. The summed E-state index contributed by atoms with van der Waals surface area (Å²) in [6.45, 7) is 4.08. The Kier molecular flexibility index (Phi) is 13.9. The van der Waals surface area contributed by atoms with Crippen molar-refractivity contribution in [1.82, 2.24) is 26.3 Å². The van der Waals surface area contributed by atoms with Crippen LogP contribution in [0.3, 0.4) is 0 Å². The second kappa shape index (κ2) is 17.8. The molecule has 0 aliphatic carbocycles. The number of anilines is 1. The zero-order valence-electron chi connectivity index (χ0n) is 25.5. The molecule has 1 aromatic heterocycles. The number of aromatic nitrogens is 1. The molecule has 2 aromatic carbocycles. The van der Waals surface area contributed by atoms with Gasteiger partial charge in [0.25, 0.3) is 0 Å². The van der Waals surface area contributed by atoms with Crippen LogP contribution < -0.4 is 26.6 Å². The molecular formula is C31H37ClF2N8O4. The lowest BCUT2D eigenvalue weighted by Gasteiger charge is -2.20. The normalized spacial score (nSPS) is 12.2. The third-order valence-electron chi connectivity index (χ3n) is 6.62. The minimum absolute atomic E-state index is 0.0278. The van der Waals surface area contributed by atoms with Crippen LogP contribution in [-0.4, -0.2) is 66.9 Å². The molecule has 0 fully saturated rings. The summed E-state index contributed by atoms with van der Waals surface area (Å²) >= 11 is 5.98. The molecule has 2 amide bonds. The quantitative estimate of drug-likeness (QED) is 0.0467. The number of hydrogen-bond acceptors (Lipinski definition) is 8. The Labute approximate surface area is 270 Å². The van der Waals surface area contributed by atoms with Crippen LogP contribution in [-0.2, 0) is 16.1 Å². The first-order valence-corrected chi connectivity index (χ1v) is 14.8. The molecule has 0 radical (unpaired) electrons. The number of rotatable bonds is 15. The number of benzene rings is 2. The van der Waals surface area contributed by atoms with Crippen LogP contribution in [0.15, 0.2) is 53.7 Å². The van der Waals surface area contributed by atoms with E-state index in [1.807, 2.05) is 20.0 Å². The minimum Gasteiger partial charge on any atom is -0.447 e. The van der Waals surface area contributed by atoms with Gasteiger partial charge < -0.3 is 25.8 Å². The van der Waals surface area contributed by atoms with E-state index < -0.39 is 35.1 Å². The predicted octanol–water partition coefficient (Wildman–Crippen LogP) is 3.80. The lowest BCUT2D eigenvalue weighted by Crippen LogP contribution is -2.44. The third-order valence-corrected chi connectivity index (χ3v) is 7.04. The molecular weight excluding hydrogens is 622 g/mol.